The van der Waals surface area contributed by atoms with E-state index in [9.17, 15) is 22.8 Å². The fraction of sp³-hybridized carbons (Fsp3) is 0.571. The van der Waals surface area contributed by atoms with Crippen LogP contribution < -0.4 is 5.32 Å². The molecule has 1 aromatic heterocycles. The molecular formula is C14H18F3NO3S. The summed E-state index contributed by atoms with van der Waals surface area (Å²) in [6.45, 7) is 3.91. The van der Waals surface area contributed by atoms with Crippen molar-refractivity contribution >= 4 is 23.2 Å². The van der Waals surface area contributed by atoms with Gasteiger partial charge in [-0.2, -0.15) is 13.2 Å². The first kappa shape index (κ1) is 18.5. The van der Waals surface area contributed by atoms with Crippen molar-refractivity contribution in [3.63, 3.8) is 0 Å². The molecule has 1 amide bonds. The van der Waals surface area contributed by atoms with Gasteiger partial charge in [0.25, 0.3) is 5.91 Å². The van der Waals surface area contributed by atoms with Crippen LogP contribution in [0.2, 0.25) is 0 Å². The lowest BCUT2D eigenvalue weighted by Gasteiger charge is -2.15. The van der Waals surface area contributed by atoms with E-state index in [1.165, 1.54) is 11.3 Å². The third kappa shape index (κ3) is 5.32. The van der Waals surface area contributed by atoms with Crippen LogP contribution in [0.1, 0.15) is 46.8 Å². The van der Waals surface area contributed by atoms with Crippen LogP contribution in [0.4, 0.5) is 13.2 Å². The topological polar surface area (TPSA) is 66.4 Å². The Balaban J connectivity index is 2.88. The Kier molecular flexibility index (Phi) is 6.40. The molecule has 1 aromatic rings. The van der Waals surface area contributed by atoms with Crippen molar-refractivity contribution in [3.05, 3.63) is 21.4 Å². The van der Waals surface area contributed by atoms with E-state index in [1.54, 1.807) is 6.07 Å². The van der Waals surface area contributed by atoms with Gasteiger partial charge in [0.1, 0.15) is 6.04 Å². The lowest BCUT2D eigenvalue weighted by atomic mass is 10.1. The average Bonchev–Trinajstić information content (AvgIpc) is 2.80. The zero-order chi connectivity index (χ0) is 16.9. The Morgan fingerprint density at radius 3 is 2.45 bits per heavy atom. The molecule has 0 radical (unpaired) electrons. The zero-order valence-electron chi connectivity index (χ0n) is 12.3. The van der Waals surface area contributed by atoms with Crippen molar-refractivity contribution in [2.24, 2.45) is 0 Å². The van der Waals surface area contributed by atoms with Crippen LogP contribution in [0, 0.1) is 0 Å². The number of halogens is 3. The molecular weight excluding hydrogens is 319 g/mol. The molecule has 4 nitrogen and oxygen atoms in total. The van der Waals surface area contributed by atoms with Crippen LogP contribution >= 0.6 is 11.3 Å². The van der Waals surface area contributed by atoms with Crippen LogP contribution in [0.5, 0.6) is 0 Å². The lowest BCUT2D eigenvalue weighted by molar-refractivity contribution is -0.157. The molecule has 0 spiro atoms. The van der Waals surface area contributed by atoms with E-state index >= 15 is 0 Å². The molecule has 22 heavy (non-hydrogen) atoms. The maximum absolute atomic E-state index is 12.3. The molecule has 0 aromatic carbocycles. The molecule has 0 aliphatic rings. The number of hydrogen-bond donors (Lipinski definition) is 2. The Morgan fingerprint density at radius 1 is 1.36 bits per heavy atom. The second-order valence-electron chi connectivity index (χ2n) is 4.85. The van der Waals surface area contributed by atoms with E-state index in [2.05, 4.69) is 0 Å². The number of alkyl halides is 3. The summed E-state index contributed by atoms with van der Waals surface area (Å²) in [5.41, 5.74) is 0.972. The summed E-state index contributed by atoms with van der Waals surface area (Å²) in [4.78, 5) is 24.1. The summed E-state index contributed by atoms with van der Waals surface area (Å²) in [5.74, 6) is -2.48. The third-order valence-corrected chi connectivity index (χ3v) is 4.25. The number of rotatable bonds is 7. The largest absolute Gasteiger partial charge is 0.480 e. The Labute approximate surface area is 130 Å². The minimum Gasteiger partial charge on any atom is -0.480 e. The van der Waals surface area contributed by atoms with Gasteiger partial charge in [0.05, 0.1) is 11.3 Å². The molecule has 1 atom stereocenters. The molecule has 1 rings (SSSR count). The number of hydrogen-bond acceptors (Lipinski definition) is 3. The van der Waals surface area contributed by atoms with E-state index in [0.29, 0.717) is 6.42 Å². The van der Waals surface area contributed by atoms with E-state index in [4.69, 9.17) is 5.11 Å². The molecule has 0 saturated carbocycles. The molecule has 0 bridgehead atoms. The molecule has 8 heteroatoms. The first-order valence-corrected chi connectivity index (χ1v) is 7.71. The zero-order valence-corrected chi connectivity index (χ0v) is 13.1. The maximum Gasteiger partial charge on any atom is 0.391 e. The summed E-state index contributed by atoms with van der Waals surface area (Å²) >= 11 is 1.20. The van der Waals surface area contributed by atoms with Crippen LogP contribution in [0.15, 0.2) is 6.07 Å². The van der Waals surface area contributed by atoms with Gasteiger partial charge in [-0.25, -0.2) is 4.79 Å². The van der Waals surface area contributed by atoms with E-state index in [0.717, 1.165) is 23.3 Å². The number of carboxylic acid groups (broad SMARTS) is 1. The van der Waals surface area contributed by atoms with Crippen molar-refractivity contribution in [2.45, 2.75) is 51.7 Å². The van der Waals surface area contributed by atoms with Gasteiger partial charge in [-0.05, 0) is 24.5 Å². The van der Waals surface area contributed by atoms with Gasteiger partial charge in [-0.3, -0.25) is 4.79 Å². The van der Waals surface area contributed by atoms with Crippen LogP contribution in [-0.2, 0) is 17.6 Å². The van der Waals surface area contributed by atoms with Gasteiger partial charge in [-0.1, -0.05) is 20.3 Å². The lowest BCUT2D eigenvalue weighted by Crippen LogP contribution is -2.43. The van der Waals surface area contributed by atoms with E-state index in [1.807, 2.05) is 19.2 Å². The molecule has 1 unspecified atom stereocenters. The summed E-state index contributed by atoms with van der Waals surface area (Å²) in [5, 5.41) is 10.8. The van der Waals surface area contributed by atoms with Gasteiger partial charge in [0.15, 0.2) is 0 Å². The third-order valence-electron chi connectivity index (χ3n) is 3.02. The first-order valence-electron chi connectivity index (χ1n) is 6.89. The first-order chi connectivity index (χ1) is 10.2. The number of amides is 1. The smallest absolute Gasteiger partial charge is 0.391 e. The number of thiophene rings is 1. The maximum atomic E-state index is 12.3. The fourth-order valence-electron chi connectivity index (χ4n) is 1.98. The van der Waals surface area contributed by atoms with Crippen molar-refractivity contribution in [3.8, 4) is 0 Å². The quantitative estimate of drug-likeness (QED) is 0.801. The number of carboxylic acids is 1. The van der Waals surface area contributed by atoms with Crippen molar-refractivity contribution in [1.29, 1.82) is 0 Å². The number of carbonyl (C=O) groups excluding carboxylic acids is 1. The summed E-state index contributed by atoms with van der Waals surface area (Å²) < 4.78 is 37.0. The highest BCUT2D eigenvalue weighted by molar-refractivity contribution is 7.14. The molecule has 0 aliphatic heterocycles. The van der Waals surface area contributed by atoms with E-state index in [-0.39, 0.29) is 4.88 Å². The molecule has 0 aliphatic carbocycles. The SMILES string of the molecule is CCCc1sc(C(=O)NC(CC(F)(F)F)C(=O)O)cc1CC. The minimum atomic E-state index is -4.66. The Bertz CT molecular complexity index is 540. The monoisotopic (exact) mass is 337 g/mol. The highest BCUT2D eigenvalue weighted by Gasteiger charge is 2.36. The van der Waals surface area contributed by atoms with E-state index < -0.39 is 30.5 Å². The molecule has 124 valence electrons. The number of nitrogens with one attached hydrogen (secondary N) is 1. The molecule has 0 saturated heterocycles. The standard InChI is InChI=1S/C14H18F3NO3S/c1-3-5-10-8(4-2)6-11(22-10)12(19)18-9(13(20)21)7-14(15,16)17/h6,9H,3-5,7H2,1-2H3,(H,18,19)(H,20,21). The molecule has 0 fully saturated rings. The molecule has 1 heterocycles. The van der Waals surface area contributed by atoms with Gasteiger partial charge < -0.3 is 10.4 Å². The second-order valence-corrected chi connectivity index (χ2v) is 5.98. The highest BCUT2D eigenvalue weighted by atomic mass is 32.1. The Morgan fingerprint density at radius 2 is 2.00 bits per heavy atom. The summed E-state index contributed by atoms with van der Waals surface area (Å²) in [7, 11) is 0. The average molecular weight is 337 g/mol. The van der Waals surface area contributed by atoms with Crippen LogP contribution in [0.3, 0.4) is 0 Å². The summed E-state index contributed by atoms with van der Waals surface area (Å²) in [6, 6.07) is -0.355. The van der Waals surface area contributed by atoms with Gasteiger partial charge in [0, 0.05) is 4.88 Å². The number of carbonyl (C=O) groups is 2. The Hall–Kier alpha value is -1.57. The summed E-state index contributed by atoms with van der Waals surface area (Å²) in [6.07, 6.45) is -3.87. The van der Waals surface area contributed by atoms with Gasteiger partial charge in [0.2, 0.25) is 0 Å². The molecule has 2 N–H and O–H groups in total. The highest BCUT2D eigenvalue weighted by Crippen LogP contribution is 2.26. The predicted molar refractivity (Wildman–Crippen MR) is 77.3 cm³/mol. The number of aryl methyl sites for hydroxylation is 2. The van der Waals surface area contributed by atoms with Crippen molar-refractivity contribution in [1.82, 2.24) is 5.32 Å². The van der Waals surface area contributed by atoms with Gasteiger partial charge in [-0.15, -0.1) is 11.3 Å². The minimum absolute atomic E-state index is 0.244. The normalized spacial score (nSPS) is 13.0. The number of aliphatic carboxylic acids is 1. The fourth-order valence-corrected chi connectivity index (χ4v) is 3.24. The van der Waals surface area contributed by atoms with Crippen molar-refractivity contribution in [2.75, 3.05) is 0 Å². The van der Waals surface area contributed by atoms with Crippen molar-refractivity contribution < 1.29 is 27.9 Å². The second kappa shape index (κ2) is 7.62. The van der Waals surface area contributed by atoms with Crippen LogP contribution in [0.25, 0.3) is 0 Å². The van der Waals surface area contributed by atoms with Gasteiger partial charge >= 0.3 is 12.1 Å². The predicted octanol–water partition coefficient (Wildman–Crippen LogP) is 3.40. The van der Waals surface area contributed by atoms with Crippen LogP contribution in [-0.4, -0.2) is 29.2 Å².